The summed E-state index contributed by atoms with van der Waals surface area (Å²) in [5.41, 5.74) is 5.27. The molecular formula is C12H23N3O4S2. The van der Waals surface area contributed by atoms with Crippen molar-refractivity contribution in [3.05, 3.63) is 0 Å². The van der Waals surface area contributed by atoms with Crippen LogP contribution in [0, 0.1) is 0 Å². The Balaban J connectivity index is 2.64. The molecular weight excluding hydrogens is 314 g/mol. The summed E-state index contributed by atoms with van der Waals surface area (Å²) in [5, 5.41) is 0. The molecule has 21 heavy (non-hydrogen) atoms. The van der Waals surface area contributed by atoms with Gasteiger partial charge >= 0.3 is 5.97 Å². The highest BCUT2D eigenvalue weighted by Crippen LogP contribution is 2.19. The van der Waals surface area contributed by atoms with Gasteiger partial charge in [0.25, 0.3) is 0 Å². The molecule has 122 valence electrons. The summed E-state index contributed by atoms with van der Waals surface area (Å²) < 4.78 is 30.2. The molecule has 0 aliphatic carbocycles. The lowest BCUT2D eigenvalue weighted by Crippen LogP contribution is -2.60. The van der Waals surface area contributed by atoms with Crippen molar-refractivity contribution in [3.63, 3.8) is 0 Å². The number of nitrogens with zero attached hydrogens (tertiary/aromatic N) is 2. The van der Waals surface area contributed by atoms with Gasteiger partial charge in [-0.2, -0.15) is 4.31 Å². The largest absolute Gasteiger partial charge is 0.465 e. The van der Waals surface area contributed by atoms with Crippen molar-refractivity contribution < 1.29 is 17.9 Å². The average molecular weight is 337 g/mol. The number of carbonyl (C=O) groups excluding carboxylic acids is 1. The Bertz CT molecular complexity index is 497. The number of rotatable bonds is 6. The highest BCUT2D eigenvalue weighted by Gasteiger charge is 2.36. The van der Waals surface area contributed by atoms with Crippen molar-refractivity contribution in [1.82, 2.24) is 9.21 Å². The van der Waals surface area contributed by atoms with Gasteiger partial charge in [-0.1, -0.05) is 12.2 Å². The van der Waals surface area contributed by atoms with E-state index < -0.39 is 27.3 Å². The number of carbonyl (C=O) groups is 1. The van der Waals surface area contributed by atoms with Crippen LogP contribution in [0.1, 0.15) is 20.8 Å². The number of hydrogen-bond acceptors (Lipinski definition) is 6. The smallest absolute Gasteiger partial charge is 0.322 e. The van der Waals surface area contributed by atoms with E-state index in [4.69, 9.17) is 18.0 Å². The van der Waals surface area contributed by atoms with Gasteiger partial charge in [-0.05, 0) is 20.8 Å². The molecule has 0 unspecified atom stereocenters. The highest BCUT2D eigenvalue weighted by molar-refractivity contribution is 7.89. The summed E-state index contributed by atoms with van der Waals surface area (Å²) in [5.74, 6) is -1.33. The molecule has 0 amide bonds. The van der Waals surface area contributed by atoms with E-state index in [1.54, 1.807) is 6.92 Å². The van der Waals surface area contributed by atoms with Crippen LogP contribution in [0.25, 0.3) is 0 Å². The number of piperazine rings is 1. The molecule has 0 aromatic carbocycles. The molecule has 0 saturated carbocycles. The monoisotopic (exact) mass is 337 g/mol. The molecule has 2 N–H and O–H groups in total. The summed E-state index contributed by atoms with van der Waals surface area (Å²) in [6.07, 6.45) is 0. The number of ether oxygens (including phenoxy) is 1. The second kappa shape index (κ2) is 6.99. The van der Waals surface area contributed by atoms with Crippen LogP contribution in [-0.2, 0) is 19.6 Å². The molecule has 1 fully saturated rings. The van der Waals surface area contributed by atoms with Gasteiger partial charge in [-0.3, -0.25) is 9.69 Å². The third-order valence-electron chi connectivity index (χ3n) is 3.63. The molecule has 0 atom stereocenters. The minimum atomic E-state index is -3.63. The Kier molecular flexibility index (Phi) is 6.09. The Labute approximate surface area is 131 Å². The first kappa shape index (κ1) is 18.3. The lowest BCUT2D eigenvalue weighted by molar-refractivity contribution is -0.140. The first-order chi connectivity index (χ1) is 9.61. The summed E-state index contributed by atoms with van der Waals surface area (Å²) in [7, 11) is -3.63. The Hall–Kier alpha value is -0.770. The summed E-state index contributed by atoms with van der Waals surface area (Å²) >= 11 is 5.04. The zero-order valence-electron chi connectivity index (χ0n) is 12.7. The minimum Gasteiger partial charge on any atom is -0.465 e. The van der Waals surface area contributed by atoms with E-state index in [1.165, 1.54) is 4.31 Å². The molecule has 0 spiro atoms. The maximum atomic E-state index is 12.1. The van der Waals surface area contributed by atoms with Gasteiger partial charge < -0.3 is 10.5 Å². The van der Waals surface area contributed by atoms with E-state index in [-0.39, 0.29) is 6.61 Å². The number of esters is 1. The molecule has 1 aliphatic heterocycles. The first-order valence-electron chi connectivity index (χ1n) is 6.79. The molecule has 0 radical (unpaired) electrons. The van der Waals surface area contributed by atoms with Crippen LogP contribution in [0.2, 0.25) is 0 Å². The normalized spacial score (nSPS) is 18.4. The van der Waals surface area contributed by atoms with Crippen molar-refractivity contribution in [1.29, 1.82) is 0 Å². The highest BCUT2D eigenvalue weighted by atomic mass is 32.2. The van der Waals surface area contributed by atoms with Crippen LogP contribution in [0.5, 0.6) is 0 Å². The number of thiocarbonyl (C=S) groups is 1. The van der Waals surface area contributed by atoms with Crippen molar-refractivity contribution in [2.45, 2.75) is 26.3 Å². The van der Waals surface area contributed by atoms with Crippen molar-refractivity contribution >= 4 is 33.2 Å². The fraction of sp³-hybridized carbons (Fsp3) is 0.833. The second-order valence-electron chi connectivity index (χ2n) is 5.37. The molecule has 0 aromatic heterocycles. The van der Waals surface area contributed by atoms with E-state index >= 15 is 0 Å². The van der Waals surface area contributed by atoms with Gasteiger partial charge in [0.05, 0.1) is 17.1 Å². The van der Waals surface area contributed by atoms with Crippen LogP contribution < -0.4 is 5.73 Å². The van der Waals surface area contributed by atoms with Gasteiger partial charge in [0, 0.05) is 26.2 Å². The number of sulfonamides is 1. The lowest BCUT2D eigenvalue weighted by atomic mass is 10.0. The van der Waals surface area contributed by atoms with Crippen LogP contribution in [-0.4, -0.2) is 72.7 Å². The summed E-state index contributed by atoms with van der Waals surface area (Å²) in [6, 6.07) is 0. The summed E-state index contributed by atoms with van der Waals surface area (Å²) in [4.78, 5) is 13.8. The van der Waals surface area contributed by atoms with Gasteiger partial charge in [0.15, 0.2) is 5.75 Å². The van der Waals surface area contributed by atoms with Gasteiger partial charge in [0.2, 0.25) is 10.0 Å². The van der Waals surface area contributed by atoms with E-state index in [0.717, 1.165) is 0 Å². The molecule has 1 aliphatic rings. The SMILES string of the molecule is CCOC(=O)CS(=O)(=O)N1CCN(C(C)(C)C(N)=S)CC1. The molecule has 7 nitrogen and oxygen atoms in total. The Morgan fingerprint density at radius 3 is 2.24 bits per heavy atom. The molecule has 1 rings (SSSR count). The van der Waals surface area contributed by atoms with Crippen LogP contribution >= 0.6 is 12.2 Å². The van der Waals surface area contributed by atoms with Gasteiger partial charge in [-0.15, -0.1) is 0 Å². The van der Waals surface area contributed by atoms with E-state index in [2.05, 4.69) is 4.74 Å². The topological polar surface area (TPSA) is 92.9 Å². The molecule has 9 heteroatoms. The molecule has 1 heterocycles. The predicted molar refractivity (Wildman–Crippen MR) is 84.4 cm³/mol. The maximum Gasteiger partial charge on any atom is 0.322 e. The average Bonchev–Trinajstić information content (AvgIpc) is 2.38. The van der Waals surface area contributed by atoms with Gasteiger partial charge in [-0.25, -0.2) is 8.42 Å². The number of hydrogen-bond donors (Lipinski definition) is 1. The summed E-state index contributed by atoms with van der Waals surface area (Å²) in [6.45, 7) is 7.31. The molecule has 0 aromatic rings. The van der Waals surface area contributed by atoms with E-state index in [9.17, 15) is 13.2 Å². The third kappa shape index (κ3) is 4.60. The fourth-order valence-corrected chi connectivity index (χ4v) is 3.54. The third-order valence-corrected chi connectivity index (χ3v) is 5.88. The van der Waals surface area contributed by atoms with Crippen LogP contribution in [0.4, 0.5) is 0 Å². The van der Waals surface area contributed by atoms with Crippen LogP contribution in [0.15, 0.2) is 0 Å². The molecule has 0 bridgehead atoms. The minimum absolute atomic E-state index is 0.171. The molecule has 1 saturated heterocycles. The fourth-order valence-electron chi connectivity index (χ4n) is 2.12. The quantitative estimate of drug-likeness (QED) is 0.519. The van der Waals surface area contributed by atoms with Crippen LogP contribution in [0.3, 0.4) is 0 Å². The lowest BCUT2D eigenvalue weighted by Gasteiger charge is -2.42. The Morgan fingerprint density at radius 2 is 1.81 bits per heavy atom. The van der Waals surface area contributed by atoms with Gasteiger partial charge in [0.1, 0.15) is 0 Å². The van der Waals surface area contributed by atoms with Crippen molar-refractivity contribution in [3.8, 4) is 0 Å². The zero-order chi connectivity index (χ0) is 16.3. The van der Waals surface area contributed by atoms with E-state index in [1.807, 2.05) is 18.7 Å². The standard InChI is InChI=1S/C12H23N3O4S2/c1-4-19-10(16)9-21(17,18)15-7-5-14(6-8-15)12(2,3)11(13)20/h4-9H2,1-3H3,(H2,13,20). The Morgan fingerprint density at radius 1 is 1.29 bits per heavy atom. The maximum absolute atomic E-state index is 12.1. The second-order valence-corrected chi connectivity index (χ2v) is 7.78. The zero-order valence-corrected chi connectivity index (χ0v) is 14.3. The van der Waals surface area contributed by atoms with Crippen molar-refractivity contribution in [2.24, 2.45) is 5.73 Å². The van der Waals surface area contributed by atoms with E-state index in [0.29, 0.717) is 31.2 Å². The number of nitrogens with two attached hydrogens (primary N) is 1. The first-order valence-corrected chi connectivity index (χ1v) is 8.81. The van der Waals surface area contributed by atoms with Crippen molar-refractivity contribution in [2.75, 3.05) is 38.5 Å². The predicted octanol–water partition coefficient (Wildman–Crippen LogP) is -0.438.